The molecule has 0 spiro atoms. The van der Waals surface area contributed by atoms with Crippen LogP contribution >= 0.6 is 22.9 Å². The minimum atomic E-state index is -2.56. The van der Waals surface area contributed by atoms with Gasteiger partial charge in [0.15, 0.2) is 0 Å². The van der Waals surface area contributed by atoms with Crippen molar-refractivity contribution in [1.82, 2.24) is 9.88 Å². The molecule has 1 heterocycles. The molecule has 0 aliphatic carbocycles. The molecule has 7 heteroatoms. The highest BCUT2D eigenvalue weighted by atomic mass is 35.5. The van der Waals surface area contributed by atoms with E-state index in [-0.39, 0.29) is 12.4 Å². The maximum atomic E-state index is 12.3. The largest absolute Gasteiger partial charge is 0.331 e. The molecule has 1 rings (SSSR count). The Hall–Kier alpha value is -0.750. The molecule has 0 fully saturated rings. The van der Waals surface area contributed by atoms with Crippen molar-refractivity contribution in [2.75, 3.05) is 19.0 Å². The number of halogens is 3. The molecular formula is C10H13ClF2N2OS. The van der Waals surface area contributed by atoms with Crippen molar-refractivity contribution in [3.8, 4) is 0 Å². The predicted molar refractivity (Wildman–Crippen MR) is 64.2 cm³/mol. The van der Waals surface area contributed by atoms with Crippen molar-refractivity contribution < 1.29 is 13.6 Å². The lowest BCUT2D eigenvalue weighted by molar-refractivity contribution is 0.0574. The zero-order valence-corrected chi connectivity index (χ0v) is 11.1. The van der Waals surface area contributed by atoms with Crippen LogP contribution in [0.2, 0.25) is 0 Å². The highest BCUT2D eigenvalue weighted by Crippen LogP contribution is 2.19. The molecule has 1 aromatic heterocycles. The number of rotatable bonds is 5. The summed E-state index contributed by atoms with van der Waals surface area (Å²) in [6.45, 7) is 2.98. The van der Waals surface area contributed by atoms with E-state index in [9.17, 15) is 13.6 Å². The zero-order valence-electron chi connectivity index (χ0n) is 9.54. The molecule has 0 atom stereocenters. The standard InChI is InChI=1S/C10H13ClF2N2OS/c1-6-9(17-7(2)14-6)10(16)15(4-3-11)5-8(12)13/h8H,3-5H2,1-2H3. The van der Waals surface area contributed by atoms with E-state index in [1.807, 2.05) is 0 Å². The predicted octanol–water partition coefficient (Wildman–Crippen LogP) is 2.71. The van der Waals surface area contributed by atoms with Gasteiger partial charge in [-0.25, -0.2) is 13.8 Å². The molecule has 96 valence electrons. The lowest BCUT2D eigenvalue weighted by atomic mass is 10.3. The molecule has 0 aliphatic rings. The fraction of sp³-hybridized carbons (Fsp3) is 0.600. The van der Waals surface area contributed by atoms with Gasteiger partial charge < -0.3 is 4.90 Å². The summed E-state index contributed by atoms with van der Waals surface area (Å²) in [6.07, 6.45) is -2.56. The third-order valence-corrected chi connectivity index (χ3v) is 3.33. The number of amides is 1. The first-order chi connectivity index (χ1) is 7.95. The monoisotopic (exact) mass is 282 g/mol. The van der Waals surface area contributed by atoms with Gasteiger partial charge in [0.25, 0.3) is 12.3 Å². The van der Waals surface area contributed by atoms with Gasteiger partial charge in [-0.2, -0.15) is 0 Å². The number of nitrogens with zero attached hydrogens (tertiary/aromatic N) is 2. The summed E-state index contributed by atoms with van der Waals surface area (Å²) in [5, 5.41) is 0.744. The zero-order chi connectivity index (χ0) is 13.0. The Morgan fingerprint density at radius 2 is 2.18 bits per heavy atom. The van der Waals surface area contributed by atoms with Crippen LogP contribution < -0.4 is 0 Å². The summed E-state index contributed by atoms with van der Waals surface area (Å²) in [6, 6.07) is 0. The van der Waals surface area contributed by atoms with Crippen LogP contribution in [-0.2, 0) is 0 Å². The van der Waals surface area contributed by atoms with Gasteiger partial charge >= 0.3 is 0 Å². The van der Waals surface area contributed by atoms with E-state index < -0.39 is 18.9 Å². The summed E-state index contributed by atoms with van der Waals surface area (Å²) in [5.74, 6) is -0.288. The molecule has 0 radical (unpaired) electrons. The maximum absolute atomic E-state index is 12.3. The molecule has 1 aromatic rings. The number of aryl methyl sites for hydroxylation is 2. The first-order valence-electron chi connectivity index (χ1n) is 5.03. The Kier molecular flexibility index (Phi) is 5.27. The number of hydrogen-bond acceptors (Lipinski definition) is 3. The van der Waals surface area contributed by atoms with Crippen LogP contribution in [0.4, 0.5) is 8.78 Å². The first-order valence-corrected chi connectivity index (χ1v) is 6.38. The van der Waals surface area contributed by atoms with E-state index in [1.54, 1.807) is 13.8 Å². The van der Waals surface area contributed by atoms with Gasteiger partial charge in [0.1, 0.15) is 4.88 Å². The molecule has 1 amide bonds. The average molecular weight is 283 g/mol. The van der Waals surface area contributed by atoms with Gasteiger partial charge in [-0.05, 0) is 13.8 Å². The summed E-state index contributed by atoms with van der Waals surface area (Å²) in [5.41, 5.74) is 0.575. The molecular weight excluding hydrogens is 270 g/mol. The Morgan fingerprint density at radius 3 is 2.59 bits per heavy atom. The topological polar surface area (TPSA) is 33.2 Å². The smallest absolute Gasteiger partial charge is 0.266 e. The molecule has 0 saturated carbocycles. The fourth-order valence-electron chi connectivity index (χ4n) is 1.42. The van der Waals surface area contributed by atoms with Gasteiger partial charge in [-0.15, -0.1) is 22.9 Å². The SMILES string of the molecule is Cc1nc(C)c(C(=O)N(CCCl)CC(F)F)s1. The quantitative estimate of drug-likeness (QED) is 0.778. The molecule has 0 N–H and O–H groups in total. The van der Waals surface area contributed by atoms with E-state index in [0.717, 1.165) is 9.91 Å². The lowest BCUT2D eigenvalue weighted by Crippen LogP contribution is -2.36. The summed E-state index contributed by atoms with van der Waals surface area (Å²) in [7, 11) is 0. The summed E-state index contributed by atoms with van der Waals surface area (Å²) >= 11 is 6.72. The van der Waals surface area contributed by atoms with E-state index in [1.165, 1.54) is 11.3 Å². The third kappa shape index (κ3) is 3.89. The highest BCUT2D eigenvalue weighted by Gasteiger charge is 2.22. The second-order valence-electron chi connectivity index (χ2n) is 3.48. The van der Waals surface area contributed by atoms with Crippen molar-refractivity contribution in [3.05, 3.63) is 15.6 Å². The minimum absolute atomic E-state index is 0.112. The van der Waals surface area contributed by atoms with Crippen molar-refractivity contribution in [1.29, 1.82) is 0 Å². The average Bonchev–Trinajstić information content (AvgIpc) is 2.55. The Labute approximate surface area is 107 Å². The van der Waals surface area contributed by atoms with Crippen LogP contribution in [0.15, 0.2) is 0 Å². The van der Waals surface area contributed by atoms with Crippen LogP contribution in [-0.4, -0.2) is 41.2 Å². The number of carbonyl (C=O) groups excluding carboxylic acids is 1. The maximum Gasteiger partial charge on any atom is 0.266 e. The van der Waals surface area contributed by atoms with Crippen LogP contribution in [0.5, 0.6) is 0 Å². The fourth-order valence-corrected chi connectivity index (χ4v) is 2.51. The molecule has 17 heavy (non-hydrogen) atoms. The van der Waals surface area contributed by atoms with E-state index in [4.69, 9.17) is 11.6 Å². The lowest BCUT2D eigenvalue weighted by Gasteiger charge is -2.20. The molecule has 0 aliphatic heterocycles. The highest BCUT2D eigenvalue weighted by molar-refractivity contribution is 7.13. The molecule has 0 saturated heterocycles. The van der Waals surface area contributed by atoms with E-state index in [0.29, 0.717) is 10.6 Å². The third-order valence-electron chi connectivity index (χ3n) is 2.10. The van der Waals surface area contributed by atoms with Gasteiger partial charge in [0.2, 0.25) is 0 Å². The van der Waals surface area contributed by atoms with Crippen molar-refractivity contribution >= 4 is 28.8 Å². The van der Waals surface area contributed by atoms with Gasteiger partial charge in [-0.1, -0.05) is 0 Å². The number of hydrogen-bond donors (Lipinski definition) is 0. The number of alkyl halides is 3. The van der Waals surface area contributed by atoms with Crippen molar-refractivity contribution in [2.24, 2.45) is 0 Å². The van der Waals surface area contributed by atoms with Gasteiger partial charge in [0, 0.05) is 12.4 Å². The molecule has 0 unspecified atom stereocenters. The van der Waals surface area contributed by atoms with E-state index >= 15 is 0 Å². The first kappa shape index (κ1) is 14.3. The van der Waals surface area contributed by atoms with Crippen LogP contribution in [0.1, 0.15) is 20.4 Å². The second kappa shape index (κ2) is 6.26. The van der Waals surface area contributed by atoms with E-state index in [2.05, 4.69) is 4.98 Å². The summed E-state index contributed by atoms with van der Waals surface area (Å²) in [4.78, 5) is 17.6. The van der Waals surface area contributed by atoms with Gasteiger partial charge in [0.05, 0.1) is 17.2 Å². The summed E-state index contributed by atoms with van der Waals surface area (Å²) < 4.78 is 24.7. The van der Waals surface area contributed by atoms with Gasteiger partial charge in [-0.3, -0.25) is 4.79 Å². The Balaban J connectivity index is 2.87. The molecule has 0 aromatic carbocycles. The number of aromatic nitrogens is 1. The molecule has 3 nitrogen and oxygen atoms in total. The van der Waals surface area contributed by atoms with Crippen LogP contribution in [0.25, 0.3) is 0 Å². The second-order valence-corrected chi connectivity index (χ2v) is 5.06. The molecule has 0 bridgehead atoms. The normalized spacial score (nSPS) is 10.9. The van der Waals surface area contributed by atoms with Crippen LogP contribution in [0, 0.1) is 13.8 Å². The number of thiazole rings is 1. The Morgan fingerprint density at radius 1 is 1.53 bits per heavy atom. The Bertz CT molecular complexity index is 398. The van der Waals surface area contributed by atoms with Crippen molar-refractivity contribution in [2.45, 2.75) is 20.3 Å². The number of carbonyl (C=O) groups is 1. The minimum Gasteiger partial charge on any atom is -0.331 e. The van der Waals surface area contributed by atoms with Crippen LogP contribution in [0.3, 0.4) is 0 Å². The van der Waals surface area contributed by atoms with Crippen molar-refractivity contribution in [3.63, 3.8) is 0 Å².